The van der Waals surface area contributed by atoms with E-state index in [4.69, 9.17) is 0 Å². The quantitative estimate of drug-likeness (QED) is 0.673. The van der Waals surface area contributed by atoms with Crippen molar-refractivity contribution < 1.29 is 14.3 Å². The molecule has 0 aliphatic heterocycles. The molecule has 1 N–H and O–H groups in total. The first kappa shape index (κ1) is 10.7. The van der Waals surface area contributed by atoms with Gasteiger partial charge in [-0.1, -0.05) is 15.9 Å². The van der Waals surface area contributed by atoms with Crippen LogP contribution in [0.25, 0.3) is 0 Å². The van der Waals surface area contributed by atoms with E-state index in [1.807, 2.05) is 0 Å². The van der Waals surface area contributed by atoms with Gasteiger partial charge in [0.1, 0.15) is 11.6 Å². The van der Waals surface area contributed by atoms with Crippen LogP contribution in [0.2, 0.25) is 0 Å². The minimum absolute atomic E-state index is 0.0918. The van der Waals surface area contributed by atoms with Crippen LogP contribution in [0, 0.1) is 5.82 Å². The van der Waals surface area contributed by atoms with Crippen LogP contribution in [0.3, 0.4) is 0 Å². The van der Waals surface area contributed by atoms with Gasteiger partial charge in [0.25, 0.3) is 0 Å². The highest BCUT2D eigenvalue weighted by molar-refractivity contribution is 9.10. The van der Waals surface area contributed by atoms with E-state index in [1.165, 1.54) is 0 Å². The maximum absolute atomic E-state index is 12.8. The predicted octanol–water partition coefficient (Wildman–Crippen LogP) is 2.87. The third kappa shape index (κ3) is 2.28. The first-order valence-electron chi connectivity index (χ1n) is 3.33. The Morgan fingerprint density at radius 3 is 2.69 bits per heavy atom. The van der Waals surface area contributed by atoms with Gasteiger partial charge in [-0.2, -0.15) is 0 Å². The Bertz CT molecular complexity index is 352. The molecule has 0 saturated heterocycles. The number of carbonyl (C=O) groups excluding carboxylic acids is 1. The summed E-state index contributed by atoms with van der Waals surface area (Å²) >= 11 is 5.96. The summed E-state index contributed by atoms with van der Waals surface area (Å²) in [5, 5.41) is 9.26. The molecule has 0 aliphatic carbocycles. The highest BCUT2D eigenvalue weighted by Crippen LogP contribution is 2.29. The van der Waals surface area contributed by atoms with Crippen molar-refractivity contribution in [2.45, 2.75) is 0 Å². The van der Waals surface area contributed by atoms with E-state index in [1.54, 1.807) is 0 Å². The number of aromatic hydroxyl groups is 1. The van der Waals surface area contributed by atoms with E-state index in [-0.39, 0.29) is 26.9 Å². The van der Waals surface area contributed by atoms with Gasteiger partial charge in [-0.05, 0) is 22.0 Å². The Labute approximate surface area is 91.0 Å². The number of benzene rings is 1. The number of phenolic OH excluding ortho intramolecular Hbond substituents is 1. The van der Waals surface area contributed by atoms with Gasteiger partial charge in [0, 0.05) is 11.6 Å². The van der Waals surface area contributed by atoms with Crippen molar-refractivity contribution in [1.82, 2.24) is 0 Å². The molecule has 0 radical (unpaired) electrons. The number of ketones is 1. The maximum Gasteiger partial charge on any atom is 0.174 e. The van der Waals surface area contributed by atoms with E-state index in [2.05, 4.69) is 31.9 Å². The highest BCUT2D eigenvalue weighted by Gasteiger charge is 2.13. The fourth-order valence-electron chi connectivity index (χ4n) is 0.850. The maximum atomic E-state index is 12.8. The van der Waals surface area contributed by atoms with E-state index in [0.717, 1.165) is 12.1 Å². The lowest BCUT2D eigenvalue weighted by Gasteiger charge is -2.03. The van der Waals surface area contributed by atoms with Gasteiger partial charge in [-0.3, -0.25) is 4.79 Å². The van der Waals surface area contributed by atoms with Crippen LogP contribution in [0.15, 0.2) is 16.6 Å². The number of hydrogen-bond acceptors (Lipinski definition) is 2. The molecule has 0 fully saturated rings. The predicted molar refractivity (Wildman–Crippen MR) is 53.9 cm³/mol. The molecule has 13 heavy (non-hydrogen) atoms. The largest absolute Gasteiger partial charge is 0.507 e. The summed E-state index contributed by atoms with van der Waals surface area (Å²) in [5.41, 5.74) is 0.134. The highest BCUT2D eigenvalue weighted by atomic mass is 79.9. The van der Waals surface area contributed by atoms with Crippen molar-refractivity contribution in [2.24, 2.45) is 0 Å². The number of hydrogen-bond donors (Lipinski definition) is 1. The summed E-state index contributed by atoms with van der Waals surface area (Å²) in [7, 11) is 0. The van der Waals surface area contributed by atoms with Gasteiger partial charge in [0.2, 0.25) is 0 Å². The molecule has 0 aromatic heterocycles. The summed E-state index contributed by atoms with van der Waals surface area (Å²) < 4.78 is 13.0. The van der Waals surface area contributed by atoms with Crippen molar-refractivity contribution in [1.29, 1.82) is 0 Å². The minimum atomic E-state index is -0.634. The summed E-state index contributed by atoms with van der Waals surface area (Å²) in [6, 6.07) is 2.02. The lowest BCUT2D eigenvalue weighted by atomic mass is 10.1. The van der Waals surface area contributed by atoms with Crippen molar-refractivity contribution in [3.05, 3.63) is 28.0 Å². The zero-order valence-corrected chi connectivity index (χ0v) is 9.52. The monoisotopic (exact) mass is 310 g/mol. The van der Waals surface area contributed by atoms with E-state index < -0.39 is 5.82 Å². The molecule has 0 unspecified atom stereocenters. The Morgan fingerprint density at radius 1 is 1.54 bits per heavy atom. The molecule has 0 bridgehead atoms. The third-order valence-corrected chi connectivity index (χ3v) is 2.78. The molecule has 0 amide bonds. The van der Waals surface area contributed by atoms with E-state index in [9.17, 15) is 14.3 Å². The Hall–Kier alpha value is -0.420. The second-order valence-corrected chi connectivity index (χ2v) is 3.70. The van der Waals surface area contributed by atoms with Gasteiger partial charge >= 0.3 is 0 Å². The molecule has 0 heterocycles. The summed E-state index contributed by atoms with van der Waals surface area (Å²) in [5.74, 6) is -1.20. The lowest BCUT2D eigenvalue weighted by molar-refractivity contribution is 0.102. The third-order valence-electron chi connectivity index (χ3n) is 1.44. The first-order chi connectivity index (χ1) is 6.06. The summed E-state index contributed by atoms with van der Waals surface area (Å²) in [4.78, 5) is 11.2. The van der Waals surface area contributed by atoms with Crippen LogP contribution >= 0.6 is 31.9 Å². The molecule has 1 rings (SSSR count). The number of rotatable bonds is 2. The van der Waals surface area contributed by atoms with Gasteiger partial charge < -0.3 is 5.11 Å². The molecule has 2 nitrogen and oxygen atoms in total. The average Bonchev–Trinajstić information content (AvgIpc) is 2.10. The molecule has 70 valence electrons. The van der Waals surface area contributed by atoms with Crippen LogP contribution in [-0.2, 0) is 0 Å². The molecule has 0 aliphatic rings. The number of Topliss-reactive ketones (excluding diaryl/α,β-unsaturated/α-hetero) is 1. The molecular formula is C8H5Br2FO2. The van der Waals surface area contributed by atoms with Crippen LogP contribution in [-0.4, -0.2) is 16.2 Å². The lowest BCUT2D eigenvalue weighted by Crippen LogP contribution is -2.01. The molecule has 1 aromatic carbocycles. The van der Waals surface area contributed by atoms with Crippen LogP contribution in [0.4, 0.5) is 4.39 Å². The van der Waals surface area contributed by atoms with Crippen molar-refractivity contribution in [2.75, 3.05) is 5.33 Å². The fourth-order valence-corrected chi connectivity index (χ4v) is 1.60. The van der Waals surface area contributed by atoms with Crippen molar-refractivity contribution in [3.63, 3.8) is 0 Å². The normalized spacial score (nSPS) is 10.1. The zero-order chi connectivity index (χ0) is 10.0. The number of carbonyl (C=O) groups is 1. The number of halogens is 3. The summed E-state index contributed by atoms with van der Waals surface area (Å²) in [6.07, 6.45) is 0. The fraction of sp³-hybridized carbons (Fsp3) is 0.125. The van der Waals surface area contributed by atoms with Gasteiger partial charge in [0.15, 0.2) is 5.78 Å². The minimum Gasteiger partial charge on any atom is -0.507 e. The molecular weight excluding hydrogens is 307 g/mol. The summed E-state index contributed by atoms with van der Waals surface area (Å²) in [6.45, 7) is 0. The average molecular weight is 312 g/mol. The molecule has 5 heteroatoms. The van der Waals surface area contributed by atoms with Crippen LogP contribution in [0.1, 0.15) is 10.4 Å². The van der Waals surface area contributed by atoms with E-state index in [0.29, 0.717) is 0 Å². The van der Waals surface area contributed by atoms with Gasteiger partial charge in [0.05, 0.1) is 9.80 Å². The second-order valence-electron chi connectivity index (χ2n) is 2.34. The molecule has 1 aromatic rings. The van der Waals surface area contributed by atoms with Crippen LogP contribution in [0.5, 0.6) is 5.75 Å². The van der Waals surface area contributed by atoms with Gasteiger partial charge in [-0.15, -0.1) is 0 Å². The Balaban J connectivity index is 3.28. The molecule has 0 atom stereocenters. The standard InChI is InChI=1S/C8H5Br2FO2/c9-3-7(13)5-1-4(11)2-6(12)8(5)10/h1-2,12H,3H2. The van der Waals surface area contributed by atoms with Crippen molar-refractivity contribution in [3.8, 4) is 5.75 Å². The first-order valence-corrected chi connectivity index (χ1v) is 5.25. The smallest absolute Gasteiger partial charge is 0.174 e. The second kappa shape index (κ2) is 4.19. The van der Waals surface area contributed by atoms with Crippen molar-refractivity contribution >= 4 is 37.6 Å². The Morgan fingerprint density at radius 2 is 2.15 bits per heavy atom. The van der Waals surface area contributed by atoms with Gasteiger partial charge in [-0.25, -0.2) is 4.39 Å². The SMILES string of the molecule is O=C(CBr)c1cc(F)cc(O)c1Br. The molecule has 0 saturated carbocycles. The zero-order valence-electron chi connectivity index (χ0n) is 6.35. The molecule has 0 spiro atoms. The Kier molecular flexibility index (Phi) is 3.44. The topological polar surface area (TPSA) is 37.3 Å². The number of alkyl halides is 1. The van der Waals surface area contributed by atoms with E-state index >= 15 is 0 Å². The number of phenols is 1. The van der Waals surface area contributed by atoms with Crippen LogP contribution < -0.4 is 0 Å².